The second kappa shape index (κ2) is 12.0. The van der Waals surface area contributed by atoms with Crippen molar-refractivity contribution >= 4 is 23.2 Å². The molecule has 0 saturated heterocycles. The molecule has 0 spiro atoms. The lowest BCUT2D eigenvalue weighted by Gasteiger charge is -2.37. The van der Waals surface area contributed by atoms with Crippen molar-refractivity contribution in [3.63, 3.8) is 0 Å². The van der Waals surface area contributed by atoms with Gasteiger partial charge in [0.2, 0.25) is 5.91 Å². The molecule has 0 saturated carbocycles. The molecule has 36 heavy (non-hydrogen) atoms. The highest BCUT2D eigenvalue weighted by atomic mass is 32.1. The summed E-state index contributed by atoms with van der Waals surface area (Å²) in [5, 5.41) is 2.01. The number of carbonyl (C=O) groups is 2. The average Bonchev–Trinajstić information content (AvgIpc) is 3.39. The Morgan fingerprint density at radius 3 is 2.67 bits per heavy atom. The van der Waals surface area contributed by atoms with E-state index in [9.17, 15) is 14.0 Å². The van der Waals surface area contributed by atoms with E-state index in [4.69, 9.17) is 14.2 Å². The van der Waals surface area contributed by atoms with Crippen molar-refractivity contribution in [3.8, 4) is 11.5 Å². The molecule has 9 heteroatoms. The van der Waals surface area contributed by atoms with Crippen LogP contribution in [0.4, 0.5) is 4.39 Å². The molecular formula is C27H29FN2O5S. The Labute approximate surface area is 214 Å². The maximum Gasteiger partial charge on any atom is 0.254 e. The van der Waals surface area contributed by atoms with Crippen LogP contribution < -0.4 is 9.47 Å². The third-order valence-corrected chi connectivity index (χ3v) is 7.13. The third-order valence-electron chi connectivity index (χ3n) is 6.13. The van der Waals surface area contributed by atoms with Gasteiger partial charge in [-0.3, -0.25) is 9.59 Å². The average molecular weight is 513 g/mol. The first-order valence-electron chi connectivity index (χ1n) is 11.7. The second-order valence-electron chi connectivity index (χ2n) is 8.37. The van der Waals surface area contributed by atoms with Crippen molar-refractivity contribution in [3.05, 3.63) is 81.8 Å². The minimum absolute atomic E-state index is 0.0913. The highest BCUT2D eigenvalue weighted by molar-refractivity contribution is 7.10. The highest BCUT2D eigenvalue weighted by Crippen LogP contribution is 2.34. The van der Waals surface area contributed by atoms with Gasteiger partial charge in [0.1, 0.15) is 30.5 Å². The first-order valence-corrected chi connectivity index (χ1v) is 12.5. The molecule has 190 valence electrons. The Morgan fingerprint density at radius 1 is 1.11 bits per heavy atom. The molecule has 0 N–H and O–H groups in total. The lowest BCUT2D eigenvalue weighted by atomic mass is 10.0. The van der Waals surface area contributed by atoms with Gasteiger partial charge in [-0.1, -0.05) is 6.07 Å². The molecule has 2 amide bonds. The molecule has 1 aliphatic heterocycles. The number of methoxy groups -OCH3 is 2. The second-order valence-corrected chi connectivity index (χ2v) is 9.37. The maximum absolute atomic E-state index is 13.6. The minimum atomic E-state index is -0.339. The Bertz CT molecular complexity index is 1180. The predicted octanol–water partition coefficient (Wildman–Crippen LogP) is 4.19. The Balaban J connectivity index is 1.52. The quantitative estimate of drug-likeness (QED) is 0.408. The van der Waals surface area contributed by atoms with E-state index in [-0.39, 0.29) is 43.4 Å². The zero-order valence-electron chi connectivity index (χ0n) is 20.3. The van der Waals surface area contributed by atoms with E-state index in [1.807, 2.05) is 11.4 Å². The summed E-state index contributed by atoms with van der Waals surface area (Å²) in [5.74, 6) is 0.311. The normalized spacial score (nSPS) is 14.8. The summed E-state index contributed by atoms with van der Waals surface area (Å²) in [6.07, 6.45) is 0.744. The van der Waals surface area contributed by atoms with Crippen LogP contribution in [-0.2, 0) is 16.0 Å². The smallest absolute Gasteiger partial charge is 0.254 e. The van der Waals surface area contributed by atoms with Crippen LogP contribution in [0.15, 0.2) is 60.0 Å². The fourth-order valence-electron chi connectivity index (χ4n) is 4.23. The van der Waals surface area contributed by atoms with Gasteiger partial charge in [-0.2, -0.15) is 0 Å². The van der Waals surface area contributed by atoms with Crippen LogP contribution in [0.3, 0.4) is 0 Å². The molecule has 1 atom stereocenters. The molecular weight excluding hydrogens is 483 g/mol. The fourth-order valence-corrected chi connectivity index (χ4v) is 5.16. The number of halogens is 1. The standard InChI is InChI=1S/C27H29FN2O5S/c1-33-14-13-29(27(32)19-4-3-5-22(16-19)34-2)17-26(31)30-12-10-25-23(11-15-36-25)24(30)18-35-21-8-6-20(28)7-9-21/h3-9,11,15-16,24H,10,12-14,17-18H2,1-2H3. The predicted molar refractivity (Wildman–Crippen MR) is 135 cm³/mol. The third kappa shape index (κ3) is 6.03. The van der Waals surface area contributed by atoms with Gasteiger partial charge >= 0.3 is 0 Å². The van der Waals surface area contributed by atoms with E-state index in [2.05, 4.69) is 0 Å². The monoisotopic (exact) mass is 512 g/mol. The number of thiophene rings is 1. The van der Waals surface area contributed by atoms with Crippen molar-refractivity contribution in [2.45, 2.75) is 12.5 Å². The van der Waals surface area contributed by atoms with Gasteiger partial charge in [0.25, 0.3) is 5.91 Å². The molecule has 3 aromatic rings. The van der Waals surface area contributed by atoms with Crippen LogP contribution >= 0.6 is 11.3 Å². The molecule has 1 unspecified atom stereocenters. The van der Waals surface area contributed by atoms with Gasteiger partial charge in [0.05, 0.1) is 19.8 Å². The number of rotatable bonds is 10. The van der Waals surface area contributed by atoms with Gasteiger partial charge in [-0.05, 0) is 65.9 Å². The van der Waals surface area contributed by atoms with Gasteiger partial charge in [-0.25, -0.2) is 4.39 Å². The van der Waals surface area contributed by atoms with Crippen LogP contribution in [0.1, 0.15) is 26.8 Å². The van der Waals surface area contributed by atoms with Gasteiger partial charge in [0, 0.05) is 30.6 Å². The van der Waals surface area contributed by atoms with Crippen LogP contribution in [0, 0.1) is 5.82 Å². The summed E-state index contributed by atoms with van der Waals surface area (Å²) in [7, 11) is 3.10. The molecule has 4 rings (SSSR count). The first kappa shape index (κ1) is 25.7. The minimum Gasteiger partial charge on any atom is -0.497 e. The Morgan fingerprint density at radius 2 is 1.92 bits per heavy atom. The van der Waals surface area contributed by atoms with Crippen molar-refractivity contribution in [2.24, 2.45) is 0 Å². The van der Waals surface area contributed by atoms with Crippen molar-refractivity contribution in [1.82, 2.24) is 9.80 Å². The zero-order valence-corrected chi connectivity index (χ0v) is 21.1. The molecule has 0 fully saturated rings. The topological polar surface area (TPSA) is 68.3 Å². The molecule has 0 bridgehead atoms. The molecule has 2 heterocycles. The number of carbonyl (C=O) groups excluding carboxylic acids is 2. The number of hydrogen-bond donors (Lipinski definition) is 0. The molecule has 1 aliphatic rings. The Kier molecular flexibility index (Phi) is 8.56. The van der Waals surface area contributed by atoms with Crippen molar-refractivity contribution < 1.29 is 28.2 Å². The lowest BCUT2D eigenvalue weighted by Crippen LogP contribution is -2.48. The summed E-state index contributed by atoms with van der Waals surface area (Å²) in [5.41, 5.74) is 1.48. The van der Waals surface area contributed by atoms with E-state index >= 15 is 0 Å². The first-order chi connectivity index (χ1) is 17.5. The molecule has 0 aliphatic carbocycles. The molecule has 1 aromatic heterocycles. The summed E-state index contributed by atoms with van der Waals surface area (Å²) in [4.78, 5) is 31.4. The van der Waals surface area contributed by atoms with Crippen molar-refractivity contribution in [2.75, 3.05) is 47.1 Å². The fraction of sp³-hybridized carbons (Fsp3) is 0.333. The molecule has 7 nitrogen and oxygen atoms in total. The van der Waals surface area contributed by atoms with Gasteiger partial charge < -0.3 is 24.0 Å². The van der Waals surface area contributed by atoms with Gasteiger partial charge in [0.15, 0.2) is 0 Å². The number of fused-ring (bicyclic) bond motifs is 1. The number of nitrogens with zero attached hydrogens (tertiary/aromatic N) is 2. The van der Waals surface area contributed by atoms with E-state index < -0.39 is 0 Å². The molecule has 0 radical (unpaired) electrons. The van der Waals surface area contributed by atoms with Crippen LogP contribution in [0.5, 0.6) is 11.5 Å². The van der Waals surface area contributed by atoms with Crippen molar-refractivity contribution in [1.29, 1.82) is 0 Å². The largest absolute Gasteiger partial charge is 0.497 e. The van der Waals surface area contributed by atoms with E-state index in [0.717, 1.165) is 12.0 Å². The van der Waals surface area contributed by atoms with Crippen LogP contribution in [0.25, 0.3) is 0 Å². The summed E-state index contributed by atoms with van der Waals surface area (Å²) < 4.78 is 29.7. The summed E-state index contributed by atoms with van der Waals surface area (Å²) in [6, 6.07) is 14.4. The highest BCUT2D eigenvalue weighted by Gasteiger charge is 2.33. The molecule has 2 aromatic carbocycles. The van der Waals surface area contributed by atoms with Crippen LogP contribution in [0.2, 0.25) is 0 Å². The maximum atomic E-state index is 13.6. The number of ether oxygens (including phenoxy) is 3. The van der Waals surface area contributed by atoms with E-state index in [1.54, 1.807) is 66.9 Å². The number of benzene rings is 2. The number of amides is 2. The van der Waals surface area contributed by atoms with E-state index in [0.29, 0.717) is 30.2 Å². The SMILES string of the molecule is COCCN(CC(=O)N1CCc2sccc2C1COc1ccc(F)cc1)C(=O)c1cccc(OC)c1. The van der Waals surface area contributed by atoms with E-state index in [1.165, 1.54) is 21.9 Å². The zero-order chi connectivity index (χ0) is 25.5. The summed E-state index contributed by atoms with van der Waals surface area (Å²) >= 11 is 1.66. The lowest BCUT2D eigenvalue weighted by molar-refractivity contribution is -0.135. The van der Waals surface area contributed by atoms with Crippen LogP contribution in [-0.4, -0.2) is 68.7 Å². The van der Waals surface area contributed by atoms with Gasteiger partial charge in [-0.15, -0.1) is 11.3 Å². The number of hydrogen-bond acceptors (Lipinski definition) is 6. The Hall–Kier alpha value is -3.43. The summed E-state index contributed by atoms with van der Waals surface area (Å²) in [6.45, 7) is 1.23.